The van der Waals surface area contributed by atoms with Crippen LogP contribution < -0.4 is 10.4 Å². The SMILES string of the molecule is CC(C)=CCC/C(C)=C/CC/C(C)=C/COc1cccc2cc(-c3nn[nH]n3)c(=O)oc12. The van der Waals surface area contributed by atoms with E-state index in [1.54, 1.807) is 12.1 Å². The molecule has 3 aromatic rings. The average Bonchev–Trinajstić information content (AvgIpc) is 3.28. The van der Waals surface area contributed by atoms with E-state index in [-0.39, 0.29) is 11.4 Å². The highest BCUT2D eigenvalue weighted by Gasteiger charge is 2.14. The zero-order valence-corrected chi connectivity index (χ0v) is 19.1. The lowest BCUT2D eigenvalue weighted by atomic mass is 10.1. The molecule has 0 amide bonds. The van der Waals surface area contributed by atoms with Gasteiger partial charge in [0.25, 0.3) is 0 Å². The van der Waals surface area contributed by atoms with Gasteiger partial charge in [-0.2, -0.15) is 5.21 Å². The third-order valence-electron chi connectivity index (χ3n) is 5.10. The largest absolute Gasteiger partial charge is 0.486 e. The number of hydrogen-bond donors (Lipinski definition) is 1. The fourth-order valence-corrected chi connectivity index (χ4v) is 3.28. The summed E-state index contributed by atoms with van der Waals surface area (Å²) in [7, 11) is 0. The third-order valence-corrected chi connectivity index (χ3v) is 5.10. The van der Waals surface area contributed by atoms with Crippen molar-refractivity contribution in [2.75, 3.05) is 6.61 Å². The van der Waals surface area contributed by atoms with E-state index in [1.165, 1.54) is 16.7 Å². The molecule has 3 rings (SSSR count). The summed E-state index contributed by atoms with van der Waals surface area (Å²) in [6.07, 6.45) is 10.9. The summed E-state index contributed by atoms with van der Waals surface area (Å²) in [6, 6.07) is 7.19. The number of nitrogens with one attached hydrogen (secondary N) is 1. The molecule has 2 heterocycles. The van der Waals surface area contributed by atoms with Gasteiger partial charge in [-0.05, 0) is 76.8 Å². The van der Waals surface area contributed by atoms with Crippen LogP contribution in [0.4, 0.5) is 0 Å². The molecule has 0 unspecified atom stereocenters. The van der Waals surface area contributed by atoms with Crippen molar-refractivity contribution in [2.45, 2.75) is 53.4 Å². The lowest BCUT2D eigenvalue weighted by Gasteiger charge is -2.07. The van der Waals surface area contributed by atoms with Crippen molar-refractivity contribution in [3.63, 3.8) is 0 Å². The number of ether oxygens (including phenoxy) is 1. The molecule has 0 aliphatic heterocycles. The van der Waals surface area contributed by atoms with Crippen molar-refractivity contribution >= 4 is 11.0 Å². The maximum absolute atomic E-state index is 12.4. The number of H-pyrrole nitrogens is 1. The van der Waals surface area contributed by atoms with E-state index in [9.17, 15) is 4.79 Å². The van der Waals surface area contributed by atoms with Crippen molar-refractivity contribution in [2.24, 2.45) is 0 Å². The van der Waals surface area contributed by atoms with Crippen molar-refractivity contribution in [3.05, 3.63) is 69.6 Å². The van der Waals surface area contributed by atoms with Gasteiger partial charge in [0.15, 0.2) is 11.3 Å². The van der Waals surface area contributed by atoms with Gasteiger partial charge in [-0.1, -0.05) is 41.0 Å². The Kier molecular flexibility index (Phi) is 8.14. The summed E-state index contributed by atoms with van der Waals surface area (Å²) in [4.78, 5) is 12.4. The molecule has 0 spiro atoms. The highest BCUT2D eigenvalue weighted by molar-refractivity contribution is 5.85. The van der Waals surface area contributed by atoms with E-state index in [1.807, 2.05) is 12.1 Å². The molecule has 7 heteroatoms. The fraction of sp³-hybridized carbons (Fsp3) is 0.360. The molecular weight excluding hydrogens is 404 g/mol. The standard InChI is InChI=1S/C25H30N4O3/c1-17(2)8-5-9-18(3)10-6-11-19(4)14-15-31-22-13-7-12-20-16-21(24-26-28-29-27-24)25(30)32-23(20)22/h7-8,10,12-14,16H,5-6,9,11,15H2,1-4H3,(H,26,27,28,29)/b18-10+,19-14+. The highest BCUT2D eigenvalue weighted by atomic mass is 16.5. The molecule has 0 saturated heterocycles. The first-order valence-corrected chi connectivity index (χ1v) is 10.8. The minimum absolute atomic E-state index is 0.201. The predicted octanol–water partition coefficient (Wildman–Crippen LogP) is 5.77. The Morgan fingerprint density at radius 2 is 1.81 bits per heavy atom. The number of tetrazole rings is 1. The number of aromatic nitrogens is 4. The second kappa shape index (κ2) is 11.2. The van der Waals surface area contributed by atoms with Gasteiger partial charge < -0.3 is 9.15 Å². The number of benzene rings is 1. The molecule has 0 atom stereocenters. The number of para-hydroxylation sites is 1. The highest BCUT2D eigenvalue weighted by Crippen LogP contribution is 2.26. The van der Waals surface area contributed by atoms with Crippen LogP contribution in [0, 0.1) is 0 Å². The summed E-state index contributed by atoms with van der Waals surface area (Å²) < 4.78 is 11.4. The molecular formula is C25H30N4O3. The number of rotatable bonds is 10. The summed E-state index contributed by atoms with van der Waals surface area (Å²) in [5, 5.41) is 14.3. The quantitative estimate of drug-likeness (QED) is 0.321. The zero-order chi connectivity index (χ0) is 22.9. The third kappa shape index (κ3) is 6.51. The van der Waals surface area contributed by atoms with E-state index in [2.05, 4.69) is 66.5 Å². The predicted molar refractivity (Wildman–Crippen MR) is 127 cm³/mol. The van der Waals surface area contributed by atoms with Crippen LogP contribution in [0.1, 0.15) is 53.4 Å². The number of nitrogens with zero attached hydrogens (tertiary/aromatic N) is 3. The lowest BCUT2D eigenvalue weighted by molar-refractivity contribution is 0.357. The number of hydrogen-bond acceptors (Lipinski definition) is 6. The maximum atomic E-state index is 12.4. The van der Waals surface area contributed by atoms with Crippen LogP contribution in [-0.2, 0) is 0 Å². The molecule has 7 nitrogen and oxygen atoms in total. The van der Waals surface area contributed by atoms with Crippen LogP contribution >= 0.6 is 0 Å². The first-order valence-electron chi connectivity index (χ1n) is 10.8. The van der Waals surface area contributed by atoms with Gasteiger partial charge in [-0.15, -0.1) is 10.2 Å². The van der Waals surface area contributed by atoms with Crippen LogP contribution in [0.25, 0.3) is 22.4 Å². The Bertz CT molecular complexity index is 1180. The molecule has 168 valence electrons. The summed E-state index contributed by atoms with van der Waals surface area (Å²) in [6.45, 7) is 8.98. The van der Waals surface area contributed by atoms with E-state index in [4.69, 9.17) is 9.15 Å². The first-order chi connectivity index (χ1) is 15.4. The molecule has 1 aromatic carbocycles. The fourth-order valence-electron chi connectivity index (χ4n) is 3.28. The van der Waals surface area contributed by atoms with Gasteiger partial charge in [-0.3, -0.25) is 0 Å². The van der Waals surface area contributed by atoms with Crippen molar-refractivity contribution in [1.29, 1.82) is 0 Å². The Hall–Kier alpha value is -3.48. The van der Waals surface area contributed by atoms with E-state index in [0.717, 1.165) is 31.1 Å². The van der Waals surface area contributed by atoms with Crippen molar-refractivity contribution in [3.8, 4) is 17.1 Å². The van der Waals surface area contributed by atoms with E-state index >= 15 is 0 Å². The topological polar surface area (TPSA) is 93.9 Å². The molecule has 0 aliphatic carbocycles. The second-order valence-corrected chi connectivity index (χ2v) is 8.13. The molecule has 0 fully saturated rings. The van der Waals surface area contributed by atoms with Crippen LogP contribution in [0.5, 0.6) is 5.75 Å². The van der Waals surface area contributed by atoms with Gasteiger partial charge in [0.05, 0.1) is 0 Å². The number of aromatic amines is 1. The van der Waals surface area contributed by atoms with Gasteiger partial charge in [0.1, 0.15) is 12.2 Å². The minimum atomic E-state index is -0.534. The van der Waals surface area contributed by atoms with Crippen LogP contribution in [0.2, 0.25) is 0 Å². The van der Waals surface area contributed by atoms with E-state index < -0.39 is 5.63 Å². The van der Waals surface area contributed by atoms with Crippen LogP contribution in [0.15, 0.2) is 68.4 Å². The summed E-state index contributed by atoms with van der Waals surface area (Å²) >= 11 is 0. The Morgan fingerprint density at radius 3 is 2.53 bits per heavy atom. The Labute approximate surface area is 187 Å². The van der Waals surface area contributed by atoms with Crippen LogP contribution in [-0.4, -0.2) is 27.2 Å². The van der Waals surface area contributed by atoms with Crippen molar-refractivity contribution in [1.82, 2.24) is 20.6 Å². The van der Waals surface area contributed by atoms with Gasteiger partial charge in [0, 0.05) is 5.39 Å². The maximum Gasteiger partial charge on any atom is 0.347 e. The van der Waals surface area contributed by atoms with Gasteiger partial charge >= 0.3 is 5.63 Å². The molecule has 0 aliphatic rings. The van der Waals surface area contributed by atoms with Gasteiger partial charge in [-0.25, -0.2) is 4.79 Å². The van der Waals surface area contributed by atoms with Gasteiger partial charge in [0.2, 0.25) is 5.82 Å². The monoisotopic (exact) mass is 434 g/mol. The summed E-state index contributed by atoms with van der Waals surface area (Å²) in [5.41, 5.74) is 4.19. The number of allylic oxidation sites excluding steroid dienone is 5. The molecule has 1 N–H and O–H groups in total. The first kappa shape index (κ1) is 23.2. The lowest BCUT2D eigenvalue weighted by Crippen LogP contribution is -2.05. The Balaban J connectivity index is 1.59. The van der Waals surface area contributed by atoms with Crippen molar-refractivity contribution < 1.29 is 9.15 Å². The molecule has 32 heavy (non-hydrogen) atoms. The second-order valence-electron chi connectivity index (χ2n) is 8.13. The molecule has 0 radical (unpaired) electrons. The van der Waals surface area contributed by atoms with Crippen LogP contribution in [0.3, 0.4) is 0 Å². The minimum Gasteiger partial charge on any atom is -0.486 e. The number of fused-ring (bicyclic) bond motifs is 1. The zero-order valence-electron chi connectivity index (χ0n) is 19.1. The molecule has 0 saturated carbocycles. The molecule has 0 bridgehead atoms. The normalized spacial score (nSPS) is 12.2. The average molecular weight is 435 g/mol. The molecule has 2 aromatic heterocycles. The van der Waals surface area contributed by atoms with E-state index in [0.29, 0.717) is 17.9 Å². The Morgan fingerprint density at radius 1 is 1.06 bits per heavy atom. The smallest absolute Gasteiger partial charge is 0.347 e. The summed E-state index contributed by atoms with van der Waals surface area (Å²) in [5.74, 6) is 0.727.